The lowest BCUT2D eigenvalue weighted by Crippen LogP contribution is -2.42. The van der Waals surface area contributed by atoms with E-state index < -0.39 is 17.1 Å². The average Bonchev–Trinajstić information content (AvgIpc) is 3.07. The summed E-state index contributed by atoms with van der Waals surface area (Å²) in [5.74, 6) is -1.29. The Kier molecular flexibility index (Phi) is 4.31. The van der Waals surface area contributed by atoms with Gasteiger partial charge < -0.3 is 14.3 Å². The molecule has 7 nitrogen and oxygen atoms in total. The van der Waals surface area contributed by atoms with Crippen molar-refractivity contribution in [2.24, 2.45) is 17.3 Å². The maximum Gasteiger partial charge on any atom is 0.181 e. The zero-order chi connectivity index (χ0) is 19.3. The van der Waals surface area contributed by atoms with Gasteiger partial charge in [-0.25, -0.2) is 0 Å². The molecular formula is C20H23NO6. The summed E-state index contributed by atoms with van der Waals surface area (Å²) >= 11 is 0. The number of hydrogen-bond donors (Lipinski definition) is 1. The van der Waals surface area contributed by atoms with Gasteiger partial charge in [0.2, 0.25) is 0 Å². The van der Waals surface area contributed by atoms with Crippen molar-refractivity contribution in [2.45, 2.75) is 32.7 Å². The molecule has 1 aliphatic carbocycles. The fourth-order valence-electron chi connectivity index (χ4n) is 4.32. The quantitative estimate of drug-likeness (QED) is 0.640. The lowest BCUT2D eigenvalue weighted by atomic mass is 9.69. The van der Waals surface area contributed by atoms with Crippen LogP contribution in [0.2, 0.25) is 0 Å². The number of hydrogen-bond acceptors (Lipinski definition) is 7. The molecule has 2 aliphatic heterocycles. The van der Waals surface area contributed by atoms with E-state index in [0.29, 0.717) is 35.8 Å². The van der Waals surface area contributed by atoms with Gasteiger partial charge in [0, 0.05) is 29.9 Å². The second kappa shape index (κ2) is 6.42. The second-order valence-electron chi connectivity index (χ2n) is 8.28. The van der Waals surface area contributed by atoms with Crippen LogP contribution in [0.4, 0.5) is 0 Å². The van der Waals surface area contributed by atoms with Crippen molar-refractivity contribution in [3.63, 3.8) is 0 Å². The largest absolute Gasteiger partial charge is 0.493 e. The minimum Gasteiger partial charge on any atom is -0.493 e. The van der Waals surface area contributed by atoms with Gasteiger partial charge in [-0.2, -0.15) is 5.48 Å². The van der Waals surface area contributed by atoms with Gasteiger partial charge >= 0.3 is 0 Å². The summed E-state index contributed by atoms with van der Waals surface area (Å²) in [6, 6.07) is 3.02. The van der Waals surface area contributed by atoms with Gasteiger partial charge in [0.05, 0.1) is 26.4 Å². The van der Waals surface area contributed by atoms with Gasteiger partial charge in [-0.15, -0.1) is 0 Å². The Labute approximate surface area is 157 Å². The molecule has 0 radical (unpaired) electrons. The third-order valence-corrected chi connectivity index (χ3v) is 5.59. The Morgan fingerprint density at radius 2 is 1.89 bits per heavy atom. The Balaban J connectivity index is 1.77. The summed E-state index contributed by atoms with van der Waals surface area (Å²) in [5.41, 5.74) is 3.47. The van der Waals surface area contributed by atoms with Crippen molar-refractivity contribution in [1.82, 2.24) is 5.48 Å². The van der Waals surface area contributed by atoms with Crippen LogP contribution >= 0.6 is 0 Å². The Morgan fingerprint density at radius 3 is 2.56 bits per heavy atom. The van der Waals surface area contributed by atoms with Crippen molar-refractivity contribution in [3.8, 4) is 11.5 Å². The lowest BCUT2D eigenvalue weighted by Gasteiger charge is -2.33. The fourth-order valence-corrected chi connectivity index (χ4v) is 4.32. The van der Waals surface area contributed by atoms with E-state index >= 15 is 0 Å². The van der Waals surface area contributed by atoms with Gasteiger partial charge in [-0.05, 0) is 17.5 Å². The van der Waals surface area contributed by atoms with E-state index in [0.717, 1.165) is 0 Å². The predicted octanol–water partition coefficient (Wildman–Crippen LogP) is 2.04. The van der Waals surface area contributed by atoms with Gasteiger partial charge in [0.15, 0.2) is 28.8 Å². The van der Waals surface area contributed by atoms with E-state index in [1.807, 2.05) is 13.8 Å². The molecule has 2 unspecified atom stereocenters. The van der Waals surface area contributed by atoms with E-state index in [9.17, 15) is 14.4 Å². The highest BCUT2D eigenvalue weighted by molar-refractivity contribution is 6.25. The molecule has 144 valence electrons. The maximum atomic E-state index is 13.3. The van der Waals surface area contributed by atoms with Crippen LogP contribution in [-0.4, -0.2) is 37.7 Å². The average molecular weight is 373 g/mol. The van der Waals surface area contributed by atoms with Crippen LogP contribution in [0.1, 0.15) is 48.7 Å². The number of methoxy groups -OCH3 is 1. The number of carbonyl (C=O) groups is 3. The van der Waals surface area contributed by atoms with Crippen LogP contribution in [0, 0.1) is 17.3 Å². The van der Waals surface area contributed by atoms with Crippen LogP contribution in [-0.2, 0) is 14.4 Å². The number of ketones is 3. The van der Waals surface area contributed by atoms with Crippen molar-refractivity contribution in [1.29, 1.82) is 0 Å². The Hall–Kier alpha value is -2.25. The summed E-state index contributed by atoms with van der Waals surface area (Å²) in [6.07, 6.45) is 0.439. The predicted molar refractivity (Wildman–Crippen MR) is 94.7 cm³/mol. The molecule has 1 saturated heterocycles. The highest BCUT2D eigenvalue weighted by atomic mass is 16.7. The number of Topliss-reactive ketones (excluding diaryl/α,β-unsaturated/α-hetero) is 3. The van der Waals surface area contributed by atoms with Crippen molar-refractivity contribution >= 4 is 17.3 Å². The van der Waals surface area contributed by atoms with E-state index in [1.54, 1.807) is 12.1 Å². The molecular weight excluding hydrogens is 350 g/mol. The highest BCUT2D eigenvalue weighted by Crippen LogP contribution is 2.46. The highest BCUT2D eigenvalue weighted by Gasteiger charge is 2.46. The monoisotopic (exact) mass is 373 g/mol. The van der Waals surface area contributed by atoms with Crippen LogP contribution in [0.25, 0.3) is 0 Å². The Morgan fingerprint density at radius 1 is 1.19 bits per heavy atom. The van der Waals surface area contributed by atoms with Crippen LogP contribution in [0.15, 0.2) is 12.1 Å². The van der Waals surface area contributed by atoms with Crippen LogP contribution < -0.4 is 15.0 Å². The third-order valence-electron chi connectivity index (χ3n) is 5.59. The number of hydroxylamine groups is 1. The molecule has 0 amide bonds. The molecule has 7 heteroatoms. The van der Waals surface area contributed by atoms with E-state index in [4.69, 9.17) is 14.3 Å². The molecule has 0 aromatic heterocycles. The number of nitrogens with one attached hydrogen (secondary N) is 1. The van der Waals surface area contributed by atoms with Gasteiger partial charge in [-0.1, -0.05) is 13.8 Å². The summed E-state index contributed by atoms with van der Waals surface area (Å²) in [7, 11) is 1.53. The van der Waals surface area contributed by atoms with E-state index in [2.05, 4.69) is 5.48 Å². The molecule has 4 rings (SSSR count). The summed E-state index contributed by atoms with van der Waals surface area (Å²) in [5, 5.41) is 0. The zero-order valence-corrected chi connectivity index (χ0v) is 15.7. The smallest absolute Gasteiger partial charge is 0.181 e. The lowest BCUT2D eigenvalue weighted by molar-refractivity contribution is -0.137. The van der Waals surface area contributed by atoms with E-state index in [1.165, 1.54) is 7.11 Å². The number of fused-ring (bicyclic) bond motifs is 3. The molecule has 2 atom stereocenters. The van der Waals surface area contributed by atoms with Crippen molar-refractivity contribution in [2.75, 3.05) is 20.3 Å². The van der Waals surface area contributed by atoms with E-state index in [-0.39, 0.29) is 36.4 Å². The number of ether oxygens (including phenoxy) is 2. The molecule has 27 heavy (non-hydrogen) atoms. The summed E-state index contributed by atoms with van der Waals surface area (Å²) < 4.78 is 11.2. The molecule has 0 bridgehead atoms. The topological polar surface area (TPSA) is 90.9 Å². The van der Waals surface area contributed by atoms with Crippen molar-refractivity contribution in [3.05, 3.63) is 23.3 Å². The van der Waals surface area contributed by atoms with Crippen LogP contribution in [0.3, 0.4) is 0 Å². The second-order valence-corrected chi connectivity index (χ2v) is 8.28. The molecule has 1 aromatic carbocycles. The molecule has 1 N–H and O–H groups in total. The first-order valence-electron chi connectivity index (χ1n) is 9.13. The normalized spacial score (nSPS) is 26.9. The minimum absolute atomic E-state index is 0.0489. The zero-order valence-electron chi connectivity index (χ0n) is 15.7. The molecule has 1 saturated carbocycles. The minimum atomic E-state index is -1.24. The first-order valence-corrected chi connectivity index (χ1v) is 9.13. The molecule has 2 heterocycles. The molecule has 0 spiro atoms. The van der Waals surface area contributed by atoms with Gasteiger partial charge in [-0.3, -0.25) is 14.4 Å². The third kappa shape index (κ3) is 2.95. The number of benzene rings is 1. The molecule has 2 fully saturated rings. The summed E-state index contributed by atoms with van der Waals surface area (Å²) in [6.45, 7) is 4.65. The SMILES string of the molecule is COc1ccc(C(=O)C2C(=O)CC(C)(C)CC2=O)c2c1OCC1CONC21. The molecule has 1 aromatic rings. The molecule has 3 aliphatic rings. The number of rotatable bonds is 3. The Bertz CT molecular complexity index is 810. The van der Waals surface area contributed by atoms with Gasteiger partial charge in [0.25, 0.3) is 0 Å². The fraction of sp³-hybridized carbons (Fsp3) is 0.550. The number of carbonyl (C=O) groups excluding carboxylic acids is 3. The van der Waals surface area contributed by atoms with Gasteiger partial charge in [0.1, 0.15) is 5.92 Å². The maximum absolute atomic E-state index is 13.3. The standard InChI is InChI=1S/C20H23NO6/c1-20(2)6-12(22)16(13(23)7-20)18(24)11-4-5-14(25-3)19-15(11)17-10(8-26-19)9-27-21-17/h4-5,10,16-17,21H,6-9H2,1-3H3. The van der Waals surface area contributed by atoms with Crippen molar-refractivity contribution < 1.29 is 28.7 Å². The first-order chi connectivity index (χ1) is 12.8. The summed E-state index contributed by atoms with van der Waals surface area (Å²) in [4.78, 5) is 43.9. The first kappa shape index (κ1) is 18.1. The van der Waals surface area contributed by atoms with Crippen LogP contribution in [0.5, 0.6) is 11.5 Å².